The quantitative estimate of drug-likeness (QED) is 0.750. The van der Waals surface area contributed by atoms with E-state index in [-0.39, 0.29) is 6.04 Å². The maximum atomic E-state index is 5.57. The van der Waals surface area contributed by atoms with E-state index in [1.54, 1.807) is 6.20 Å². The Bertz CT molecular complexity index is 302. The van der Waals surface area contributed by atoms with Crippen LogP contribution >= 0.6 is 11.6 Å². The van der Waals surface area contributed by atoms with Gasteiger partial charge in [0.2, 0.25) is 0 Å². The molecule has 0 aliphatic heterocycles. The molecule has 0 aromatic carbocycles. The molecule has 68 valence electrons. The lowest BCUT2D eigenvalue weighted by atomic mass is 10.2. The second kappa shape index (κ2) is 4.68. The molecule has 1 heterocycles. The summed E-state index contributed by atoms with van der Waals surface area (Å²) in [5.41, 5.74) is 0. The SMILES string of the molecule is C#CC(CC)Nc1cnc(Cl)cn1. The third-order valence-electron chi connectivity index (χ3n) is 1.55. The Hall–Kier alpha value is -1.27. The number of nitrogens with one attached hydrogen (secondary N) is 1. The van der Waals surface area contributed by atoms with E-state index in [4.69, 9.17) is 18.0 Å². The number of terminal acetylenes is 1. The first-order valence-electron chi connectivity index (χ1n) is 3.96. The number of hydrogen-bond donors (Lipinski definition) is 1. The molecule has 1 aromatic rings. The maximum absolute atomic E-state index is 5.57. The number of anilines is 1. The molecule has 13 heavy (non-hydrogen) atoms. The molecule has 0 spiro atoms. The van der Waals surface area contributed by atoms with Crippen molar-refractivity contribution < 1.29 is 0 Å². The summed E-state index contributed by atoms with van der Waals surface area (Å²) in [5, 5.41) is 3.41. The summed E-state index contributed by atoms with van der Waals surface area (Å²) >= 11 is 5.57. The Morgan fingerprint density at radius 3 is 2.85 bits per heavy atom. The minimum atomic E-state index is -0.00419. The first kappa shape index (κ1) is 9.82. The molecule has 0 saturated carbocycles. The molecule has 1 atom stereocenters. The minimum absolute atomic E-state index is 0.00419. The summed E-state index contributed by atoms with van der Waals surface area (Å²) < 4.78 is 0. The van der Waals surface area contributed by atoms with Crippen molar-refractivity contribution in [3.8, 4) is 12.3 Å². The highest BCUT2D eigenvalue weighted by Gasteiger charge is 2.01. The van der Waals surface area contributed by atoms with Crippen LogP contribution in [0.25, 0.3) is 0 Å². The van der Waals surface area contributed by atoms with E-state index in [1.807, 2.05) is 6.92 Å². The lowest BCUT2D eigenvalue weighted by Gasteiger charge is -2.09. The van der Waals surface area contributed by atoms with Gasteiger partial charge in [0.1, 0.15) is 11.0 Å². The van der Waals surface area contributed by atoms with Crippen molar-refractivity contribution in [2.75, 3.05) is 5.32 Å². The minimum Gasteiger partial charge on any atom is -0.355 e. The molecule has 0 aliphatic rings. The summed E-state index contributed by atoms with van der Waals surface area (Å²) in [4.78, 5) is 7.89. The molecule has 1 N–H and O–H groups in total. The highest BCUT2D eigenvalue weighted by atomic mass is 35.5. The molecule has 1 aromatic heterocycles. The average Bonchev–Trinajstić information content (AvgIpc) is 2.17. The van der Waals surface area contributed by atoms with Gasteiger partial charge in [-0.05, 0) is 6.42 Å². The number of halogens is 1. The highest BCUT2D eigenvalue weighted by molar-refractivity contribution is 6.29. The van der Waals surface area contributed by atoms with Crippen LogP contribution in [0.1, 0.15) is 13.3 Å². The van der Waals surface area contributed by atoms with E-state index in [0.717, 1.165) is 6.42 Å². The Kier molecular flexibility index (Phi) is 3.53. The van der Waals surface area contributed by atoms with Gasteiger partial charge in [-0.15, -0.1) is 6.42 Å². The van der Waals surface area contributed by atoms with Crippen LogP contribution in [0.3, 0.4) is 0 Å². The monoisotopic (exact) mass is 195 g/mol. The zero-order valence-electron chi connectivity index (χ0n) is 7.29. The van der Waals surface area contributed by atoms with Crippen LogP contribution in [0.15, 0.2) is 12.4 Å². The number of hydrogen-bond acceptors (Lipinski definition) is 3. The van der Waals surface area contributed by atoms with Gasteiger partial charge in [-0.25, -0.2) is 9.97 Å². The lowest BCUT2D eigenvalue weighted by molar-refractivity contribution is 0.849. The van der Waals surface area contributed by atoms with E-state index in [9.17, 15) is 0 Å². The van der Waals surface area contributed by atoms with Crippen LogP contribution in [0, 0.1) is 12.3 Å². The van der Waals surface area contributed by atoms with Crippen molar-refractivity contribution in [1.29, 1.82) is 0 Å². The van der Waals surface area contributed by atoms with Gasteiger partial charge in [-0.1, -0.05) is 24.4 Å². The molecule has 1 unspecified atom stereocenters. The van der Waals surface area contributed by atoms with Crippen molar-refractivity contribution in [2.45, 2.75) is 19.4 Å². The van der Waals surface area contributed by atoms with E-state index >= 15 is 0 Å². The second-order valence-electron chi connectivity index (χ2n) is 2.50. The Balaban J connectivity index is 2.64. The first-order chi connectivity index (χ1) is 6.26. The normalized spacial score (nSPS) is 11.8. The molecular weight excluding hydrogens is 186 g/mol. The zero-order chi connectivity index (χ0) is 9.68. The van der Waals surface area contributed by atoms with Crippen molar-refractivity contribution in [3.05, 3.63) is 17.5 Å². The molecule has 3 nitrogen and oxygen atoms in total. The maximum Gasteiger partial charge on any atom is 0.147 e. The van der Waals surface area contributed by atoms with E-state index in [0.29, 0.717) is 11.0 Å². The van der Waals surface area contributed by atoms with Crippen LogP contribution in [-0.2, 0) is 0 Å². The molecule has 0 radical (unpaired) electrons. The smallest absolute Gasteiger partial charge is 0.147 e. The summed E-state index contributed by atoms with van der Waals surface area (Å²) in [5.74, 6) is 3.25. The molecule has 0 bridgehead atoms. The molecule has 0 saturated heterocycles. The summed E-state index contributed by atoms with van der Waals surface area (Å²) in [6, 6.07) is -0.00419. The molecule has 1 rings (SSSR count). The van der Waals surface area contributed by atoms with Gasteiger partial charge in [0.25, 0.3) is 0 Å². The van der Waals surface area contributed by atoms with Crippen molar-refractivity contribution in [3.63, 3.8) is 0 Å². The summed E-state index contributed by atoms with van der Waals surface area (Å²) in [6.45, 7) is 2.00. The third-order valence-corrected chi connectivity index (χ3v) is 1.75. The second-order valence-corrected chi connectivity index (χ2v) is 2.88. The van der Waals surface area contributed by atoms with Crippen LogP contribution in [-0.4, -0.2) is 16.0 Å². The Morgan fingerprint density at radius 1 is 1.62 bits per heavy atom. The lowest BCUT2D eigenvalue weighted by Crippen LogP contribution is -2.16. The first-order valence-corrected chi connectivity index (χ1v) is 4.34. The van der Waals surface area contributed by atoms with Gasteiger partial charge >= 0.3 is 0 Å². The predicted molar refractivity (Wildman–Crippen MR) is 53.6 cm³/mol. The average molecular weight is 196 g/mol. The van der Waals surface area contributed by atoms with Gasteiger partial charge in [0, 0.05) is 0 Å². The molecule has 0 amide bonds. The fourth-order valence-corrected chi connectivity index (χ4v) is 0.924. The van der Waals surface area contributed by atoms with Crippen molar-refractivity contribution >= 4 is 17.4 Å². The molecule has 0 fully saturated rings. The van der Waals surface area contributed by atoms with Crippen LogP contribution in [0.4, 0.5) is 5.82 Å². The molecule has 0 aliphatic carbocycles. The highest BCUT2D eigenvalue weighted by Crippen LogP contribution is 2.07. The molecule has 4 heteroatoms. The van der Waals surface area contributed by atoms with Gasteiger partial charge in [0.15, 0.2) is 0 Å². The van der Waals surface area contributed by atoms with E-state index < -0.39 is 0 Å². The fraction of sp³-hybridized carbons (Fsp3) is 0.333. The fourth-order valence-electron chi connectivity index (χ4n) is 0.827. The van der Waals surface area contributed by atoms with Gasteiger partial charge in [0.05, 0.1) is 18.4 Å². The van der Waals surface area contributed by atoms with Gasteiger partial charge < -0.3 is 5.32 Å². The number of aromatic nitrogens is 2. The number of rotatable bonds is 3. The van der Waals surface area contributed by atoms with Crippen LogP contribution in [0.5, 0.6) is 0 Å². The van der Waals surface area contributed by atoms with E-state index in [1.165, 1.54) is 6.20 Å². The third kappa shape index (κ3) is 2.92. The Morgan fingerprint density at radius 2 is 2.38 bits per heavy atom. The predicted octanol–water partition coefficient (Wildman–Crippen LogP) is 1.95. The van der Waals surface area contributed by atoms with Crippen molar-refractivity contribution in [2.24, 2.45) is 0 Å². The summed E-state index contributed by atoms with van der Waals surface area (Å²) in [6.07, 6.45) is 9.16. The van der Waals surface area contributed by atoms with Crippen LogP contribution in [0.2, 0.25) is 5.15 Å². The summed E-state index contributed by atoms with van der Waals surface area (Å²) in [7, 11) is 0. The standard InChI is InChI=1S/C9H10ClN3/c1-3-7(4-2)13-9-6-11-8(10)5-12-9/h1,5-7H,4H2,2H3,(H,12,13). The topological polar surface area (TPSA) is 37.8 Å². The number of nitrogens with zero attached hydrogens (tertiary/aromatic N) is 2. The van der Waals surface area contributed by atoms with Crippen molar-refractivity contribution in [1.82, 2.24) is 9.97 Å². The Labute approximate surface area is 82.5 Å². The largest absolute Gasteiger partial charge is 0.355 e. The van der Waals surface area contributed by atoms with Gasteiger partial charge in [-0.2, -0.15) is 0 Å². The zero-order valence-corrected chi connectivity index (χ0v) is 8.04. The van der Waals surface area contributed by atoms with Gasteiger partial charge in [-0.3, -0.25) is 0 Å². The van der Waals surface area contributed by atoms with Crippen LogP contribution < -0.4 is 5.32 Å². The molecular formula is C9H10ClN3. The van der Waals surface area contributed by atoms with E-state index in [2.05, 4.69) is 21.2 Å².